The first kappa shape index (κ1) is 20.5. The van der Waals surface area contributed by atoms with Crippen molar-refractivity contribution in [2.45, 2.75) is 37.5 Å². The molecule has 2 N–H and O–H groups in total. The molecule has 0 atom stereocenters. The van der Waals surface area contributed by atoms with E-state index < -0.39 is 21.9 Å². The number of ether oxygens (including phenoxy) is 1. The molecule has 7 nitrogen and oxygen atoms in total. The summed E-state index contributed by atoms with van der Waals surface area (Å²) in [7, 11) is -2.35. The third kappa shape index (κ3) is 4.11. The van der Waals surface area contributed by atoms with Crippen LogP contribution in [0, 0.1) is 0 Å². The molecule has 0 radical (unpaired) electrons. The second-order valence-electron chi connectivity index (χ2n) is 6.33. The van der Waals surface area contributed by atoms with E-state index in [9.17, 15) is 18.0 Å². The van der Waals surface area contributed by atoms with Crippen molar-refractivity contribution in [2.24, 2.45) is 0 Å². The molecule has 1 amide bonds. The number of carbonyl (C=O) groups is 2. The van der Waals surface area contributed by atoms with E-state index >= 15 is 0 Å². The number of hydrogen-bond donors (Lipinski definition) is 2. The number of hydrogen-bond acceptors (Lipinski definition) is 6. The summed E-state index contributed by atoms with van der Waals surface area (Å²) in [4.78, 5) is 26.3. The summed E-state index contributed by atoms with van der Waals surface area (Å²) in [6, 6.07) is 5.75. The van der Waals surface area contributed by atoms with Crippen molar-refractivity contribution >= 4 is 38.2 Å². The Labute approximate surface area is 168 Å². The Morgan fingerprint density at radius 3 is 2.68 bits per heavy atom. The van der Waals surface area contributed by atoms with Gasteiger partial charge in [0, 0.05) is 10.4 Å². The van der Waals surface area contributed by atoms with Gasteiger partial charge in [-0.1, -0.05) is 6.07 Å². The minimum absolute atomic E-state index is 0.00117. The van der Waals surface area contributed by atoms with Crippen LogP contribution in [0.3, 0.4) is 0 Å². The molecule has 9 heteroatoms. The topological polar surface area (TPSA) is 102 Å². The van der Waals surface area contributed by atoms with Crippen LogP contribution in [0.15, 0.2) is 29.2 Å². The molecular formula is C19H22N2O5S2. The van der Waals surface area contributed by atoms with Crippen LogP contribution in [0.25, 0.3) is 0 Å². The zero-order valence-electron chi connectivity index (χ0n) is 15.7. The molecule has 0 spiro atoms. The predicted octanol–water partition coefficient (Wildman–Crippen LogP) is 2.96. The lowest BCUT2D eigenvalue weighted by molar-refractivity contribution is 0.0526. The van der Waals surface area contributed by atoms with E-state index in [1.807, 2.05) is 0 Å². The third-order valence-electron chi connectivity index (χ3n) is 4.55. The molecule has 1 aromatic carbocycles. The van der Waals surface area contributed by atoms with E-state index in [-0.39, 0.29) is 17.1 Å². The SMILES string of the molecule is CCOC(=O)c1c(NC(=O)c2cccc(S(=O)(=O)NC)c2)sc2c1CCCC2. The number of thiophene rings is 1. The molecule has 1 aliphatic carbocycles. The molecule has 0 unspecified atom stereocenters. The first-order chi connectivity index (χ1) is 13.4. The Hall–Kier alpha value is -2.23. The Bertz CT molecular complexity index is 1010. The lowest BCUT2D eigenvalue weighted by Gasteiger charge is -2.12. The van der Waals surface area contributed by atoms with Crippen LogP contribution < -0.4 is 10.0 Å². The van der Waals surface area contributed by atoms with E-state index in [2.05, 4.69) is 10.0 Å². The van der Waals surface area contributed by atoms with Crippen molar-refractivity contribution in [3.05, 3.63) is 45.8 Å². The number of nitrogens with one attached hydrogen (secondary N) is 2. The number of anilines is 1. The van der Waals surface area contributed by atoms with Gasteiger partial charge in [-0.05, 0) is 63.4 Å². The minimum Gasteiger partial charge on any atom is -0.462 e. The minimum atomic E-state index is -3.66. The van der Waals surface area contributed by atoms with E-state index in [4.69, 9.17) is 4.74 Å². The number of amides is 1. The Kier molecular flexibility index (Phi) is 6.17. The molecule has 0 fully saturated rings. The average molecular weight is 423 g/mol. The molecule has 0 aliphatic heterocycles. The van der Waals surface area contributed by atoms with Crippen molar-refractivity contribution < 1.29 is 22.7 Å². The molecule has 0 saturated carbocycles. The molecule has 28 heavy (non-hydrogen) atoms. The van der Waals surface area contributed by atoms with E-state index in [1.54, 1.807) is 6.92 Å². The van der Waals surface area contributed by atoms with Gasteiger partial charge >= 0.3 is 5.97 Å². The maximum Gasteiger partial charge on any atom is 0.341 e. The summed E-state index contributed by atoms with van der Waals surface area (Å²) in [6.45, 7) is 1.99. The van der Waals surface area contributed by atoms with Gasteiger partial charge in [0.1, 0.15) is 5.00 Å². The maximum atomic E-state index is 12.8. The van der Waals surface area contributed by atoms with E-state index in [0.717, 1.165) is 36.1 Å². The van der Waals surface area contributed by atoms with Gasteiger partial charge in [0.2, 0.25) is 10.0 Å². The molecule has 0 saturated heterocycles. The Morgan fingerprint density at radius 1 is 1.21 bits per heavy atom. The molecular weight excluding hydrogens is 400 g/mol. The van der Waals surface area contributed by atoms with Crippen LogP contribution in [0.5, 0.6) is 0 Å². The standard InChI is InChI=1S/C19H22N2O5S2/c1-3-26-19(23)16-14-9-4-5-10-15(14)27-18(16)21-17(22)12-7-6-8-13(11-12)28(24,25)20-2/h6-8,11,20H,3-5,9-10H2,1-2H3,(H,21,22). The summed E-state index contributed by atoms with van der Waals surface area (Å²) in [6.07, 6.45) is 3.70. The van der Waals surface area contributed by atoms with Crippen LogP contribution in [-0.4, -0.2) is 33.9 Å². The van der Waals surface area contributed by atoms with Crippen molar-refractivity contribution in [1.82, 2.24) is 4.72 Å². The molecule has 3 rings (SSSR count). The number of rotatable bonds is 6. The molecule has 2 aromatic rings. The lowest BCUT2D eigenvalue weighted by Crippen LogP contribution is -2.20. The van der Waals surface area contributed by atoms with Gasteiger partial charge in [-0.15, -0.1) is 11.3 Å². The normalized spacial score (nSPS) is 13.6. The van der Waals surface area contributed by atoms with Gasteiger partial charge in [-0.2, -0.15) is 0 Å². The molecule has 1 aliphatic rings. The molecule has 1 heterocycles. The smallest absolute Gasteiger partial charge is 0.341 e. The number of benzene rings is 1. The number of esters is 1. The van der Waals surface area contributed by atoms with E-state index in [1.165, 1.54) is 42.6 Å². The molecule has 0 bridgehead atoms. The monoisotopic (exact) mass is 422 g/mol. The lowest BCUT2D eigenvalue weighted by atomic mass is 9.95. The highest BCUT2D eigenvalue weighted by Crippen LogP contribution is 2.38. The van der Waals surface area contributed by atoms with Crippen molar-refractivity contribution in [2.75, 3.05) is 19.0 Å². The second kappa shape index (κ2) is 8.42. The Balaban J connectivity index is 1.94. The number of sulfonamides is 1. The number of aryl methyl sites for hydroxylation is 1. The summed E-state index contributed by atoms with van der Waals surface area (Å²) in [5, 5.41) is 3.24. The molecule has 1 aromatic heterocycles. The zero-order chi connectivity index (χ0) is 20.3. The number of carbonyl (C=O) groups excluding carboxylic acids is 2. The quantitative estimate of drug-likeness (QED) is 0.697. The highest BCUT2D eigenvalue weighted by atomic mass is 32.2. The first-order valence-corrected chi connectivity index (χ1v) is 11.3. The highest BCUT2D eigenvalue weighted by Gasteiger charge is 2.27. The van der Waals surface area contributed by atoms with Gasteiger partial charge in [-0.3, -0.25) is 4.79 Å². The van der Waals surface area contributed by atoms with Crippen LogP contribution in [-0.2, 0) is 27.6 Å². The third-order valence-corrected chi connectivity index (χ3v) is 7.17. The van der Waals surface area contributed by atoms with Crippen molar-refractivity contribution in [3.63, 3.8) is 0 Å². The van der Waals surface area contributed by atoms with E-state index in [0.29, 0.717) is 10.6 Å². The molecule has 150 valence electrons. The van der Waals surface area contributed by atoms with Crippen LogP contribution >= 0.6 is 11.3 Å². The fourth-order valence-electron chi connectivity index (χ4n) is 3.17. The zero-order valence-corrected chi connectivity index (χ0v) is 17.3. The van der Waals surface area contributed by atoms with Gasteiger partial charge in [0.05, 0.1) is 17.1 Å². The predicted molar refractivity (Wildman–Crippen MR) is 108 cm³/mol. The van der Waals surface area contributed by atoms with Crippen LogP contribution in [0.2, 0.25) is 0 Å². The summed E-state index contributed by atoms with van der Waals surface area (Å²) < 4.78 is 31.4. The largest absolute Gasteiger partial charge is 0.462 e. The second-order valence-corrected chi connectivity index (χ2v) is 9.32. The van der Waals surface area contributed by atoms with Crippen molar-refractivity contribution in [1.29, 1.82) is 0 Å². The number of fused-ring (bicyclic) bond motifs is 1. The average Bonchev–Trinajstić information content (AvgIpc) is 3.06. The van der Waals surface area contributed by atoms with Crippen LogP contribution in [0.4, 0.5) is 5.00 Å². The summed E-state index contributed by atoms with van der Waals surface area (Å²) >= 11 is 1.39. The van der Waals surface area contributed by atoms with Crippen molar-refractivity contribution in [3.8, 4) is 0 Å². The van der Waals surface area contributed by atoms with Crippen LogP contribution in [0.1, 0.15) is 50.9 Å². The van der Waals surface area contributed by atoms with Gasteiger partial charge < -0.3 is 10.1 Å². The van der Waals surface area contributed by atoms with Gasteiger partial charge in [0.25, 0.3) is 5.91 Å². The maximum absolute atomic E-state index is 12.8. The van der Waals surface area contributed by atoms with Gasteiger partial charge in [0.15, 0.2) is 0 Å². The van der Waals surface area contributed by atoms with Gasteiger partial charge in [-0.25, -0.2) is 17.9 Å². The Morgan fingerprint density at radius 2 is 1.96 bits per heavy atom. The fraction of sp³-hybridized carbons (Fsp3) is 0.368. The summed E-state index contributed by atoms with van der Waals surface area (Å²) in [5.74, 6) is -0.916. The summed E-state index contributed by atoms with van der Waals surface area (Å²) in [5.41, 5.74) is 1.57. The first-order valence-electron chi connectivity index (χ1n) is 9.04. The highest BCUT2D eigenvalue weighted by molar-refractivity contribution is 7.89. The fourth-order valence-corrected chi connectivity index (χ4v) is 5.22.